The molecule has 0 radical (unpaired) electrons. The summed E-state index contributed by atoms with van der Waals surface area (Å²) < 4.78 is 11.3. The number of aryl methyl sites for hydroxylation is 1. The van der Waals surface area contributed by atoms with E-state index in [2.05, 4.69) is 15.6 Å². The Kier molecular flexibility index (Phi) is 6.39. The van der Waals surface area contributed by atoms with E-state index >= 15 is 0 Å². The number of nitrogens with one attached hydrogen (secondary N) is 2. The van der Waals surface area contributed by atoms with Gasteiger partial charge >= 0.3 is 0 Å². The number of aromatic nitrogens is 1. The van der Waals surface area contributed by atoms with Crippen LogP contribution in [0.25, 0.3) is 22.6 Å². The number of ether oxygens (including phenoxy) is 1. The van der Waals surface area contributed by atoms with Crippen molar-refractivity contribution in [1.29, 1.82) is 0 Å². The minimum Gasteiger partial charge on any atom is -0.494 e. The average molecular weight is 466 g/mol. The number of rotatable bonds is 5. The van der Waals surface area contributed by atoms with E-state index in [4.69, 9.17) is 33.0 Å². The molecule has 0 saturated carbocycles. The minimum atomic E-state index is -0.356. The Labute approximate surface area is 195 Å². The first-order chi connectivity index (χ1) is 15.4. The summed E-state index contributed by atoms with van der Waals surface area (Å²) in [4.78, 5) is 17.1. The van der Waals surface area contributed by atoms with Gasteiger partial charge in [-0.2, -0.15) is 0 Å². The Bertz CT molecular complexity index is 1320. The molecule has 4 aromatic rings. The first-order valence-corrected chi connectivity index (χ1v) is 10.7. The number of anilines is 1. The number of carbonyl (C=O) groups excluding carboxylic acids is 1. The first-order valence-electron chi connectivity index (χ1n) is 9.95. The molecule has 3 aromatic carbocycles. The van der Waals surface area contributed by atoms with Gasteiger partial charge in [-0.15, -0.1) is 0 Å². The number of carbonyl (C=O) groups is 1. The van der Waals surface area contributed by atoms with Crippen molar-refractivity contribution < 1.29 is 13.9 Å². The largest absolute Gasteiger partial charge is 0.494 e. The molecule has 2 N–H and O–H groups in total. The van der Waals surface area contributed by atoms with Crippen molar-refractivity contribution in [3.8, 4) is 17.2 Å². The van der Waals surface area contributed by atoms with Crippen LogP contribution in [0.15, 0.2) is 65.1 Å². The summed E-state index contributed by atoms with van der Waals surface area (Å²) in [5.74, 6) is 0.724. The lowest BCUT2D eigenvalue weighted by atomic mass is 10.2. The van der Waals surface area contributed by atoms with E-state index in [0.717, 1.165) is 16.6 Å². The van der Waals surface area contributed by atoms with Crippen molar-refractivity contribution in [2.75, 3.05) is 11.9 Å². The molecule has 4 rings (SSSR count). The molecule has 0 bridgehead atoms. The normalized spacial score (nSPS) is 10.7. The average Bonchev–Trinajstić information content (AvgIpc) is 3.19. The Hall–Kier alpha value is -3.42. The maximum Gasteiger partial charge on any atom is 0.257 e. The highest BCUT2D eigenvalue weighted by atomic mass is 35.5. The summed E-state index contributed by atoms with van der Waals surface area (Å²) >= 11 is 11.6. The molecule has 0 unspecified atom stereocenters. The maximum atomic E-state index is 12.5. The Morgan fingerprint density at radius 3 is 2.81 bits per heavy atom. The smallest absolute Gasteiger partial charge is 0.257 e. The van der Waals surface area contributed by atoms with Crippen LogP contribution in [0.2, 0.25) is 5.02 Å². The summed E-state index contributed by atoms with van der Waals surface area (Å²) in [5, 5.41) is 6.18. The van der Waals surface area contributed by atoms with E-state index in [1.165, 1.54) is 0 Å². The fourth-order valence-electron chi connectivity index (χ4n) is 3.14. The lowest BCUT2D eigenvalue weighted by Crippen LogP contribution is -2.34. The Morgan fingerprint density at radius 1 is 1.16 bits per heavy atom. The van der Waals surface area contributed by atoms with E-state index in [1.807, 2.05) is 38.1 Å². The van der Waals surface area contributed by atoms with Crippen LogP contribution < -0.4 is 15.4 Å². The van der Waals surface area contributed by atoms with Gasteiger partial charge in [-0.05, 0) is 80.2 Å². The SMILES string of the molecule is CCOc1cccc(C(=O)NC(=S)Nc2cc(-c3nc4cc(C)ccc4o3)ccc2Cl)c1. The summed E-state index contributed by atoms with van der Waals surface area (Å²) in [6, 6.07) is 18.0. The summed E-state index contributed by atoms with van der Waals surface area (Å²) in [6.45, 7) is 4.39. The van der Waals surface area contributed by atoms with Crippen LogP contribution in [0.3, 0.4) is 0 Å². The lowest BCUT2D eigenvalue weighted by Gasteiger charge is -2.12. The molecule has 0 atom stereocenters. The van der Waals surface area contributed by atoms with E-state index < -0.39 is 0 Å². The maximum absolute atomic E-state index is 12.5. The highest BCUT2D eigenvalue weighted by Gasteiger charge is 2.13. The van der Waals surface area contributed by atoms with Gasteiger partial charge in [0.2, 0.25) is 5.89 Å². The van der Waals surface area contributed by atoms with E-state index in [9.17, 15) is 4.79 Å². The zero-order chi connectivity index (χ0) is 22.7. The fourth-order valence-corrected chi connectivity index (χ4v) is 3.51. The van der Waals surface area contributed by atoms with Crippen LogP contribution in [0, 0.1) is 6.92 Å². The molecular formula is C24H20ClN3O3S. The molecule has 0 saturated heterocycles. The molecular weight excluding hydrogens is 446 g/mol. The molecule has 0 spiro atoms. The van der Waals surface area contributed by atoms with Crippen LogP contribution in [-0.4, -0.2) is 22.6 Å². The van der Waals surface area contributed by atoms with Gasteiger partial charge in [0.25, 0.3) is 5.91 Å². The fraction of sp³-hybridized carbons (Fsp3) is 0.125. The predicted molar refractivity (Wildman–Crippen MR) is 130 cm³/mol. The number of nitrogens with zero attached hydrogens (tertiary/aromatic N) is 1. The third kappa shape index (κ3) is 4.90. The second-order valence-electron chi connectivity index (χ2n) is 7.05. The number of hydrogen-bond acceptors (Lipinski definition) is 5. The summed E-state index contributed by atoms with van der Waals surface area (Å²) in [6.07, 6.45) is 0. The van der Waals surface area contributed by atoms with Crippen molar-refractivity contribution in [3.05, 3.63) is 76.8 Å². The van der Waals surface area contributed by atoms with Crippen molar-refractivity contribution in [1.82, 2.24) is 10.3 Å². The third-order valence-electron chi connectivity index (χ3n) is 4.64. The van der Waals surface area contributed by atoms with E-state index in [0.29, 0.717) is 40.1 Å². The van der Waals surface area contributed by atoms with Crippen molar-refractivity contribution in [3.63, 3.8) is 0 Å². The van der Waals surface area contributed by atoms with Crippen molar-refractivity contribution >= 4 is 51.6 Å². The summed E-state index contributed by atoms with van der Waals surface area (Å²) in [5.41, 5.74) is 4.26. The highest BCUT2D eigenvalue weighted by Crippen LogP contribution is 2.30. The molecule has 0 fully saturated rings. The number of halogens is 1. The predicted octanol–water partition coefficient (Wildman–Crippen LogP) is 5.98. The van der Waals surface area contributed by atoms with Gasteiger partial charge in [-0.3, -0.25) is 10.1 Å². The van der Waals surface area contributed by atoms with Gasteiger partial charge in [-0.1, -0.05) is 23.7 Å². The number of hydrogen-bond donors (Lipinski definition) is 2. The standard InChI is InChI=1S/C24H20ClN3O3S/c1-3-30-17-6-4-5-15(12-17)22(29)28-24(32)27-19-13-16(8-9-18(19)25)23-26-20-11-14(2)7-10-21(20)31-23/h4-13H,3H2,1-2H3,(H2,27,28,29,32). The van der Waals surface area contributed by atoms with Crippen LogP contribution in [0.5, 0.6) is 5.75 Å². The van der Waals surface area contributed by atoms with Gasteiger partial charge in [0, 0.05) is 11.1 Å². The molecule has 0 aliphatic heterocycles. The van der Waals surface area contributed by atoms with Crippen LogP contribution >= 0.6 is 23.8 Å². The van der Waals surface area contributed by atoms with Gasteiger partial charge in [-0.25, -0.2) is 4.98 Å². The third-order valence-corrected chi connectivity index (χ3v) is 5.17. The molecule has 32 heavy (non-hydrogen) atoms. The number of benzene rings is 3. The summed E-state index contributed by atoms with van der Waals surface area (Å²) in [7, 11) is 0. The monoisotopic (exact) mass is 465 g/mol. The number of amides is 1. The van der Waals surface area contributed by atoms with Crippen LogP contribution in [-0.2, 0) is 0 Å². The molecule has 1 amide bonds. The molecule has 6 nitrogen and oxygen atoms in total. The highest BCUT2D eigenvalue weighted by molar-refractivity contribution is 7.80. The van der Waals surface area contributed by atoms with Crippen molar-refractivity contribution in [2.24, 2.45) is 0 Å². The van der Waals surface area contributed by atoms with Gasteiger partial charge in [0.05, 0.1) is 17.3 Å². The molecule has 1 aromatic heterocycles. The molecule has 8 heteroatoms. The first kappa shape index (κ1) is 21.8. The van der Waals surface area contributed by atoms with Crippen LogP contribution in [0.4, 0.5) is 5.69 Å². The Morgan fingerprint density at radius 2 is 2.00 bits per heavy atom. The van der Waals surface area contributed by atoms with Crippen LogP contribution in [0.1, 0.15) is 22.8 Å². The minimum absolute atomic E-state index is 0.115. The second-order valence-corrected chi connectivity index (χ2v) is 7.87. The topological polar surface area (TPSA) is 76.4 Å². The quantitative estimate of drug-likeness (QED) is 0.353. The van der Waals surface area contributed by atoms with Gasteiger partial charge in [0.15, 0.2) is 10.7 Å². The van der Waals surface area contributed by atoms with Crippen molar-refractivity contribution in [2.45, 2.75) is 13.8 Å². The molecule has 0 aliphatic carbocycles. The van der Waals surface area contributed by atoms with Gasteiger partial charge < -0.3 is 14.5 Å². The second kappa shape index (κ2) is 9.38. The zero-order valence-corrected chi connectivity index (χ0v) is 19.0. The lowest BCUT2D eigenvalue weighted by molar-refractivity contribution is 0.0977. The Balaban J connectivity index is 1.50. The number of oxazole rings is 1. The van der Waals surface area contributed by atoms with E-state index in [-0.39, 0.29) is 11.0 Å². The van der Waals surface area contributed by atoms with E-state index in [1.54, 1.807) is 36.4 Å². The zero-order valence-electron chi connectivity index (χ0n) is 17.4. The molecule has 0 aliphatic rings. The molecule has 162 valence electrons. The number of thiocarbonyl (C=S) groups is 1. The van der Waals surface area contributed by atoms with Gasteiger partial charge in [0.1, 0.15) is 11.3 Å². The molecule has 1 heterocycles. The number of fused-ring (bicyclic) bond motifs is 1.